The molecule has 2 atom stereocenters. The van der Waals surface area contributed by atoms with E-state index < -0.39 is 0 Å². The van der Waals surface area contributed by atoms with Crippen molar-refractivity contribution in [1.29, 1.82) is 0 Å². The van der Waals surface area contributed by atoms with Crippen LogP contribution >= 0.6 is 0 Å². The van der Waals surface area contributed by atoms with Gasteiger partial charge in [-0.3, -0.25) is 9.36 Å². The number of carbonyl (C=O) groups excluding carboxylic acids is 1. The van der Waals surface area contributed by atoms with E-state index in [2.05, 4.69) is 20.5 Å². The SMILES string of the molecule is O=C(c1cccc(-n2cnnc2)c1)N1CC[C@H]2OCc3cnnn3[C@@H]2C1. The second kappa shape index (κ2) is 6.03. The van der Waals surface area contributed by atoms with Crippen LogP contribution in [0.5, 0.6) is 0 Å². The van der Waals surface area contributed by atoms with E-state index in [1.807, 2.05) is 33.8 Å². The Hall–Kier alpha value is -3.07. The van der Waals surface area contributed by atoms with E-state index in [1.54, 1.807) is 23.4 Å². The average Bonchev–Trinajstić information content (AvgIpc) is 3.39. The standard InChI is InChI=1S/C17H17N7O2/c25-17(12-2-1-3-13(6-12)23-10-19-20-11-23)22-5-4-16-15(8-22)24-14(9-26-16)7-18-21-24/h1-3,6-7,10-11,15-16H,4-5,8-9H2/t15-,16-/m1/s1. The molecule has 9 heteroatoms. The molecule has 1 aromatic carbocycles. The summed E-state index contributed by atoms with van der Waals surface area (Å²) in [6.07, 6.45) is 5.82. The Morgan fingerprint density at radius 1 is 1.19 bits per heavy atom. The van der Waals surface area contributed by atoms with E-state index in [0.717, 1.165) is 17.8 Å². The molecule has 1 saturated heterocycles. The molecule has 0 N–H and O–H groups in total. The molecule has 2 aromatic heterocycles. The summed E-state index contributed by atoms with van der Waals surface area (Å²) in [6, 6.07) is 7.49. The molecule has 1 amide bonds. The van der Waals surface area contributed by atoms with E-state index in [1.165, 1.54) is 0 Å². The molecule has 0 unspecified atom stereocenters. The van der Waals surface area contributed by atoms with Crippen LogP contribution in [0.3, 0.4) is 0 Å². The molecular weight excluding hydrogens is 334 g/mol. The highest BCUT2D eigenvalue weighted by Gasteiger charge is 2.38. The Bertz CT molecular complexity index is 936. The van der Waals surface area contributed by atoms with Gasteiger partial charge in [0.25, 0.3) is 5.91 Å². The minimum Gasteiger partial charge on any atom is -0.370 e. The fourth-order valence-electron chi connectivity index (χ4n) is 3.68. The van der Waals surface area contributed by atoms with Crippen molar-refractivity contribution in [3.63, 3.8) is 0 Å². The lowest BCUT2D eigenvalue weighted by Gasteiger charge is -2.41. The molecule has 2 aliphatic rings. The highest BCUT2D eigenvalue weighted by atomic mass is 16.5. The molecule has 4 heterocycles. The van der Waals surface area contributed by atoms with Gasteiger partial charge in [-0.05, 0) is 24.6 Å². The van der Waals surface area contributed by atoms with Gasteiger partial charge in [-0.25, -0.2) is 4.68 Å². The minimum absolute atomic E-state index is 0.00520. The fraction of sp³-hybridized carbons (Fsp3) is 0.353. The summed E-state index contributed by atoms with van der Waals surface area (Å²) >= 11 is 0. The van der Waals surface area contributed by atoms with Gasteiger partial charge in [0.15, 0.2) is 0 Å². The summed E-state index contributed by atoms with van der Waals surface area (Å²) in [6.45, 7) is 1.76. The zero-order valence-corrected chi connectivity index (χ0v) is 14.0. The number of benzene rings is 1. The summed E-state index contributed by atoms with van der Waals surface area (Å²) in [5, 5.41) is 15.8. The van der Waals surface area contributed by atoms with Crippen LogP contribution in [0.1, 0.15) is 28.5 Å². The van der Waals surface area contributed by atoms with Gasteiger partial charge < -0.3 is 9.64 Å². The zero-order chi connectivity index (χ0) is 17.5. The number of fused-ring (bicyclic) bond motifs is 3. The number of hydrogen-bond donors (Lipinski definition) is 0. The predicted octanol–water partition coefficient (Wildman–Crippen LogP) is 0.845. The Morgan fingerprint density at radius 2 is 2.08 bits per heavy atom. The van der Waals surface area contributed by atoms with Crippen molar-refractivity contribution in [3.8, 4) is 5.69 Å². The van der Waals surface area contributed by atoms with Crippen LogP contribution < -0.4 is 0 Å². The quantitative estimate of drug-likeness (QED) is 0.680. The highest BCUT2D eigenvalue weighted by molar-refractivity contribution is 5.94. The number of rotatable bonds is 2. The Morgan fingerprint density at radius 3 is 2.96 bits per heavy atom. The van der Waals surface area contributed by atoms with Crippen molar-refractivity contribution in [2.75, 3.05) is 13.1 Å². The summed E-state index contributed by atoms with van der Waals surface area (Å²) in [5.41, 5.74) is 2.45. The number of likely N-dealkylation sites (tertiary alicyclic amines) is 1. The van der Waals surface area contributed by atoms with Crippen LogP contribution in [-0.4, -0.2) is 59.8 Å². The van der Waals surface area contributed by atoms with Crippen LogP contribution in [0.15, 0.2) is 43.1 Å². The molecule has 1 fully saturated rings. The largest absolute Gasteiger partial charge is 0.370 e. The van der Waals surface area contributed by atoms with E-state index >= 15 is 0 Å². The lowest BCUT2D eigenvalue weighted by atomic mass is 9.99. The molecule has 0 bridgehead atoms. The number of carbonyl (C=O) groups is 1. The van der Waals surface area contributed by atoms with Crippen LogP contribution in [-0.2, 0) is 11.3 Å². The monoisotopic (exact) mass is 351 g/mol. The molecule has 0 saturated carbocycles. The van der Waals surface area contributed by atoms with Crippen molar-refractivity contribution in [3.05, 3.63) is 54.4 Å². The van der Waals surface area contributed by atoms with Gasteiger partial charge in [-0.15, -0.1) is 15.3 Å². The van der Waals surface area contributed by atoms with Crippen LogP contribution in [0, 0.1) is 0 Å². The maximum atomic E-state index is 13.0. The maximum absolute atomic E-state index is 13.0. The normalized spacial score (nSPS) is 21.9. The predicted molar refractivity (Wildman–Crippen MR) is 89.5 cm³/mol. The molecule has 9 nitrogen and oxygen atoms in total. The number of hydrogen-bond acceptors (Lipinski definition) is 6. The van der Waals surface area contributed by atoms with Gasteiger partial charge in [0, 0.05) is 24.3 Å². The van der Waals surface area contributed by atoms with Crippen molar-refractivity contribution in [2.45, 2.75) is 25.2 Å². The van der Waals surface area contributed by atoms with Crippen LogP contribution in [0.2, 0.25) is 0 Å². The molecule has 132 valence electrons. The van der Waals surface area contributed by atoms with Gasteiger partial charge in [-0.2, -0.15) is 0 Å². The molecule has 2 aliphatic heterocycles. The molecule has 5 rings (SSSR count). The third-order valence-electron chi connectivity index (χ3n) is 5.03. The highest BCUT2D eigenvalue weighted by Crippen LogP contribution is 2.30. The maximum Gasteiger partial charge on any atom is 0.254 e. The van der Waals surface area contributed by atoms with E-state index in [-0.39, 0.29) is 18.1 Å². The second-order valence-corrected chi connectivity index (χ2v) is 6.55. The fourth-order valence-corrected chi connectivity index (χ4v) is 3.68. The number of ether oxygens (including phenoxy) is 1. The Kier molecular flexibility index (Phi) is 3.52. The van der Waals surface area contributed by atoms with E-state index in [4.69, 9.17) is 4.74 Å². The van der Waals surface area contributed by atoms with Crippen molar-refractivity contribution in [2.24, 2.45) is 0 Å². The van der Waals surface area contributed by atoms with Gasteiger partial charge in [0.2, 0.25) is 0 Å². The van der Waals surface area contributed by atoms with Gasteiger partial charge in [0.05, 0.1) is 30.6 Å². The van der Waals surface area contributed by atoms with Crippen LogP contribution in [0.25, 0.3) is 5.69 Å². The van der Waals surface area contributed by atoms with Crippen LogP contribution in [0.4, 0.5) is 0 Å². The first kappa shape index (κ1) is 15.2. The summed E-state index contributed by atoms with van der Waals surface area (Å²) in [4.78, 5) is 14.9. The topological polar surface area (TPSA) is 91.0 Å². The van der Waals surface area contributed by atoms with Gasteiger partial charge in [0.1, 0.15) is 12.7 Å². The number of piperidine rings is 1. The summed E-state index contributed by atoms with van der Waals surface area (Å²) in [7, 11) is 0. The van der Waals surface area contributed by atoms with Gasteiger partial charge >= 0.3 is 0 Å². The molecular formula is C17H17N7O2. The number of amides is 1. The third-order valence-corrected chi connectivity index (χ3v) is 5.03. The van der Waals surface area contributed by atoms with E-state index in [0.29, 0.717) is 25.3 Å². The number of nitrogens with zero attached hydrogens (tertiary/aromatic N) is 7. The van der Waals surface area contributed by atoms with Crippen molar-refractivity contribution in [1.82, 2.24) is 34.7 Å². The van der Waals surface area contributed by atoms with Gasteiger partial charge in [-0.1, -0.05) is 11.3 Å². The first-order valence-electron chi connectivity index (χ1n) is 8.54. The van der Waals surface area contributed by atoms with Crippen molar-refractivity contribution >= 4 is 5.91 Å². The summed E-state index contributed by atoms with van der Waals surface area (Å²) < 4.78 is 9.59. The summed E-state index contributed by atoms with van der Waals surface area (Å²) in [5.74, 6) is 0.00520. The average molecular weight is 351 g/mol. The first-order chi connectivity index (χ1) is 12.8. The second-order valence-electron chi connectivity index (χ2n) is 6.55. The molecule has 0 aliphatic carbocycles. The molecule has 0 radical (unpaired) electrons. The minimum atomic E-state index is 0.00520. The molecule has 3 aromatic rings. The Labute approximate surface area is 149 Å². The smallest absolute Gasteiger partial charge is 0.254 e. The van der Waals surface area contributed by atoms with E-state index in [9.17, 15) is 4.79 Å². The molecule has 0 spiro atoms. The zero-order valence-electron chi connectivity index (χ0n) is 14.0. The lowest BCUT2D eigenvalue weighted by molar-refractivity contribution is -0.0605. The molecule has 26 heavy (non-hydrogen) atoms. The Balaban J connectivity index is 1.40. The number of aromatic nitrogens is 6. The first-order valence-corrected chi connectivity index (χ1v) is 8.54. The van der Waals surface area contributed by atoms with Crippen molar-refractivity contribution < 1.29 is 9.53 Å². The lowest BCUT2D eigenvalue weighted by Crippen LogP contribution is -2.49. The third kappa shape index (κ3) is 2.48.